The van der Waals surface area contributed by atoms with Gasteiger partial charge in [-0.1, -0.05) is 30.3 Å². The molecule has 152 valence electrons. The molecule has 0 aromatic heterocycles. The molecule has 2 N–H and O–H groups in total. The molecular formula is C22H17F2N3O3. The Labute approximate surface area is 171 Å². The van der Waals surface area contributed by atoms with E-state index in [-0.39, 0.29) is 18.1 Å². The van der Waals surface area contributed by atoms with Gasteiger partial charge in [-0.05, 0) is 48.0 Å². The van der Waals surface area contributed by atoms with Crippen LogP contribution in [0.5, 0.6) is 5.75 Å². The van der Waals surface area contributed by atoms with Crippen molar-refractivity contribution in [3.63, 3.8) is 0 Å². The van der Waals surface area contributed by atoms with E-state index in [4.69, 9.17) is 4.74 Å². The highest BCUT2D eigenvalue weighted by Crippen LogP contribution is 2.15. The largest absolute Gasteiger partial charge is 0.489 e. The molecule has 0 atom stereocenters. The van der Waals surface area contributed by atoms with Gasteiger partial charge < -0.3 is 10.1 Å². The fourth-order valence-electron chi connectivity index (χ4n) is 2.38. The summed E-state index contributed by atoms with van der Waals surface area (Å²) < 4.78 is 32.6. The van der Waals surface area contributed by atoms with Gasteiger partial charge in [0.2, 0.25) is 0 Å². The zero-order chi connectivity index (χ0) is 21.3. The monoisotopic (exact) mass is 409 g/mol. The Hall–Kier alpha value is -4.07. The number of hydrogen-bond acceptors (Lipinski definition) is 4. The fourth-order valence-corrected chi connectivity index (χ4v) is 2.38. The van der Waals surface area contributed by atoms with E-state index in [0.717, 1.165) is 6.07 Å². The van der Waals surface area contributed by atoms with Crippen LogP contribution in [-0.4, -0.2) is 18.0 Å². The van der Waals surface area contributed by atoms with Gasteiger partial charge in [-0.15, -0.1) is 0 Å². The highest BCUT2D eigenvalue weighted by molar-refractivity contribution is 6.39. The number of nitrogens with one attached hydrogen (secondary N) is 2. The van der Waals surface area contributed by atoms with Crippen molar-refractivity contribution in [1.29, 1.82) is 0 Å². The standard InChI is InChI=1S/C22H17F2N3O3/c23-18-6-2-1-5-16(18)14-30-17-11-9-15(10-12-17)13-25-27-22(29)21(28)26-20-8-4-3-7-19(20)24/h1-13H,14H2,(H,26,28)(H,27,29)/b25-13-. The third kappa shape index (κ3) is 5.71. The predicted molar refractivity (Wildman–Crippen MR) is 108 cm³/mol. The lowest BCUT2D eigenvalue weighted by Gasteiger charge is -2.07. The molecule has 0 aliphatic carbocycles. The summed E-state index contributed by atoms with van der Waals surface area (Å²) in [5.41, 5.74) is 3.03. The number of para-hydroxylation sites is 1. The predicted octanol–water partition coefficient (Wildman–Crippen LogP) is 3.63. The van der Waals surface area contributed by atoms with E-state index >= 15 is 0 Å². The van der Waals surface area contributed by atoms with E-state index in [9.17, 15) is 18.4 Å². The van der Waals surface area contributed by atoms with Gasteiger partial charge in [-0.2, -0.15) is 5.10 Å². The lowest BCUT2D eigenvalue weighted by atomic mass is 10.2. The van der Waals surface area contributed by atoms with Crippen LogP contribution in [-0.2, 0) is 16.2 Å². The first kappa shape index (κ1) is 20.7. The summed E-state index contributed by atoms with van der Waals surface area (Å²) in [5.74, 6) is -2.55. The smallest absolute Gasteiger partial charge is 0.329 e. The summed E-state index contributed by atoms with van der Waals surface area (Å²) >= 11 is 0. The van der Waals surface area contributed by atoms with Crippen molar-refractivity contribution < 1.29 is 23.1 Å². The minimum atomic E-state index is -1.05. The average molecular weight is 409 g/mol. The number of hydrogen-bond donors (Lipinski definition) is 2. The molecule has 3 rings (SSSR count). The summed E-state index contributed by atoms with van der Waals surface area (Å²) in [7, 11) is 0. The first-order chi connectivity index (χ1) is 14.5. The van der Waals surface area contributed by atoms with E-state index in [0.29, 0.717) is 16.9 Å². The van der Waals surface area contributed by atoms with E-state index < -0.39 is 17.6 Å². The minimum absolute atomic E-state index is 0.0906. The Morgan fingerprint density at radius 3 is 2.23 bits per heavy atom. The summed E-state index contributed by atoms with van der Waals surface area (Å²) in [6.07, 6.45) is 1.33. The molecule has 8 heteroatoms. The molecule has 6 nitrogen and oxygen atoms in total. The molecule has 0 saturated heterocycles. The van der Waals surface area contributed by atoms with Gasteiger partial charge in [-0.25, -0.2) is 14.2 Å². The SMILES string of the molecule is O=C(N/N=C\c1ccc(OCc2ccccc2F)cc1)C(=O)Nc1ccccc1F. The molecule has 0 aliphatic heterocycles. The average Bonchev–Trinajstić information content (AvgIpc) is 2.75. The number of carbonyl (C=O) groups excluding carboxylic acids is 2. The van der Waals surface area contributed by atoms with Crippen LogP contribution in [0.1, 0.15) is 11.1 Å². The van der Waals surface area contributed by atoms with Crippen molar-refractivity contribution >= 4 is 23.7 Å². The van der Waals surface area contributed by atoms with Crippen LogP contribution >= 0.6 is 0 Å². The van der Waals surface area contributed by atoms with Crippen molar-refractivity contribution in [2.24, 2.45) is 5.10 Å². The van der Waals surface area contributed by atoms with Crippen LogP contribution in [0.4, 0.5) is 14.5 Å². The van der Waals surface area contributed by atoms with Crippen molar-refractivity contribution in [3.8, 4) is 5.75 Å². The molecule has 0 saturated carbocycles. The number of rotatable bonds is 6. The quantitative estimate of drug-likeness (QED) is 0.371. The third-order valence-corrected chi connectivity index (χ3v) is 3.94. The third-order valence-electron chi connectivity index (χ3n) is 3.94. The molecule has 0 fully saturated rings. The Morgan fingerprint density at radius 2 is 1.53 bits per heavy atom. The summed E-state index contributed by atoms with van der Waals surface area (Å²) in [5, 5.41) is 5.85. The maximum Gasteiger partial charge on any atom is 0.329 e. The van der Waals surface area contributed by atoms with Gasteiger partial charge >= 0.3 is 11.8 Å². The first-order valence-corrected chi connectivity index (χ1v) is 8.88. The zero-order valence-electron chi connectivity index (χ0n) is 15.6. The van der Waals surface area contributed by atoms with Gasteiger partial charge in [0, 0.05) is 5.56 Å². The van der Waals surface area contributed by atoms with Crippen molar-refractivity contribution in [1.82, 2.24) is 5.43 Å². The van der Waals surface area contributed by atoms with Crippen molar-refractivity contribution in [2.75, 3.05) is 5.32 Å². The number of nitrogens with zero attached hydrogens (tertiary/aromatic N) is 1. The highest BCUT2D eigenvalue weighted by atomic mass is 19.1. The normalized spacial score (nSPS) is 10.6. The maximum absolute atomic E-state index is 13.6. The van der Waals surface area contributed by atoms with Crippen LogP contribution in [0.3, 0.4) is 0 Å². The van der Waals surface area contributed by atoms with E-state index in [2.05, 4.69) is 15.8 Å². The van der Waals surface area contributed by atoms with Crippen LogP contribution in [0, 0.1) is 11.6 Å². The van der Waals surface area contributed by atoms with Crippen LogP contribution in [0.15, 0.2) is 77.9 Å². The topological polar surface area (TPSA) is 79.8 Å². The highest BCUT2D eigenvalue weighted by Gasteiger charge is 2.14. The summed E-state index contributed by atoms with van der Waals surface area (Å²) in [6, 6.07) is 18.5. The number of anilines is 1. The molecule has 30 heavy (non-hydrogen) atoms. The Morgan fingerprint density at radius 1 is 0.867 bits per heavy atom. The molecule has 3 aromatic carbocycles. The Balaban J connectivity index is 1.49. The molecule has 0 radical (unpaired) electrons. The second-order valence-electron chi connectivity index (χ2n) is 6.08. The van der Waals surface area contributed by atoms with Gasteiger partial charge in [0.15, 0.2) is 0 Å². The summed E-state index contributed by atoms with van der Waals surface area (Å²) in [4.78, 5) is 23.5. The van der Waals surface area contributed by atoms with Gasteiger partial charge in [0.1, 0.15) is 24.0 Å². The number of benzene rings is 3. The molecule has 3 aromatic rings. The van der Waals surface area contributed by atoms with Crippen LogP contribution < -0.4 is 15.5 Å². The van der Waals surface area contributed by atoms with Gasteiger partial charge in [0.05, 0.1) is 11.9 Å². The van der Waals surface area contributed by atoms with Gasteiger partial charge in [0.25, 0.3) is 0 Å². The molecule has 0 aliphatic rings. The molecule has 0 heterocycles. The number of hydrazone groups is 1. The molecule has 0 bridgehead atoms. The lowest BCUT2D eigenvalue weighted by Crippen LogP contribution is -2.32. The number of carbonyl (C=O) groups is 2. The zero-order valence-corrected chi connectivity index (χ0v) is 15.6. The lowest BCUT2D eigenvalue weighted by molar-refractivity contribution is -0.136. The Kier molecular flexibility index (Phi) is 6.83. The van der Waals surface area contributed by atoms with Crippen LogP contribution in [0.25, 0.3) is 0 Å². The molecule has 2 amide bonds. The number of halogens is 2. The fraction of sp³-hybridized carbons (Fsp3) is 0.0455. The van der Waals surface area contributed by atoms with E-state index in [1.807, 2.05) is 0 Å². The molecule has 0 unspecified atom stereocenters. The number of ether oxygens (including phenoxy) is 1. The van der Waals surface area contributed by atoms with E-state index in [1.54, 1.807) is 42.5 Å². The Bertz CT molecular complexity index is 1070. The second kappa shape index (κ2) is 9.92. The van der Waals surface area contributed by atoms with Gasteiger partial charge in [-0.3, -0.25) is 9.59 Å². The van der Waals surface area contributed by atoms with E-state index in [1.165, 1.54) is 30.5 Å². The second-order valence-corrected chi connectivity index (χ2v) is 6.08. The summed E-state index contributed by atoms with van der Waals surface area (Å²) in [6.45, 7) is 0.0906. The molecule has 0 spiro atoms. The van der Waals surface area contributed by atoms with Crippen molar-refractivity contribution in [2.45, 2.75) is 6.61 Å². The van der Waals surface area contributed by atoms with Crippen molar-refractivity contribution in [3.05, 3.63) is 95.6 Å². The minimum Gasteiger partial charge on any atom is -0.489 e. The van der Waals surface area contributed by atoms with Crippen LogP contribution in [0.2, 0.25) is 0 Å². The maximum atomic E-state index is 13.6. The number of amides is 2. The molecular weight excluding hydrogens is 392 g/mol. The first-order valence-electron chi connectivity index (χ1n) is 8.88.